The first-order valence-corrected chi connectivity index (χ1v) is 20.7. The minimum absolute atomic E-state index is 0.117. The number of nitrogens with zero attached hydrogens (tertiary/aromatic N) is 2. The van der Waals surface area contributed by atoms with Crippen LogP contribution in [-0.4, -0.2) is 142 Å². The van der Waals surface area contributed by atoms with Crippen LogP contribution < -0.4 is 37.5 Å². The first-order valence-electron chi connectivity index (χ1n) is 19.8. The quantitative estimate of drug-likeness (QED) is 0.0458. The third-order valence-electron chi connectivity index (χ3n) is 8.34. The largest absolute Gasteiger partial charge is 0.481 e. The fourth-order valence-corrected chi connectivity index (χ4v) is 6.04. The Bertz CT molecular complexity index is 1640. The van der Waals surface area contributed by atoms with Crippen molar-refractivity contribution in [2.45, 2.75) is 57.4 Å². The Morgan fingerprint density at radius 2 is 1.55 bits per heavy atom. The molecule has 0 fully saturated rings. The van der Waals surface area contributed by atoms with E-state index >= 15 is 0 Å². The second-order valence-corrected chi connectivity index (χ2v) is 14.1. The highest BCUT2D eigenvalue weighted by atomic mass is 32.1. The van der Waals surface area contributed by atoms with E-state index in [0.29, 0.717) is 90.8 Å². The second kappa shape index (κ2) is 30.0. The van der Waals surface area contributed by atoms with Crippen LogP contribution >= 0.6 is 11.3 Å². The number of hydrazine groups is 2. The summed E-state index contributed by atoms with van der Waals surface area (Å²) in [6.45, 7) is 3.95. The number of nitrogens with one attached hydrogen (secondary N) is 7. The van der Waals surface area contributed by atoms with E-state index in [-0.39, 0.29) is 50.9 Å². The zero-order chi connectivity index (χ0) is 43.2. The summed E-state index contributed by atoms with van der Waals surface area (Å²) in [5.74, 6) is -2.78. The number of allylic oxidation sites excluding steroid dienone is 1. The Morgan fingerprint density at radius 3 is 2.27 bits per heavy atom. The van der Waals surface area contributed by atoms with E-state index in [9.17, 15) is 28.4 Å². The number of urea groups is 1. The number of ether oxygens (including phenoxy) is 4. The maximum Gasteiger partial charge on any atom is 0.326 e. The molecule has 1 aliphatic heterocycles. The van der Waals surface area contributed by atoms with E-state index in [4.69, 9.17) is 29.2 Å². The molecule has 4 amide bonds. The number of unbranched alkanes of at least 4 members (excludes halogenated alkanes) is 2. The Labute approximate surface area is 352 Å². The van der Waals surface area contributed by atoms with Crippen molar-refractivity contribution >= 4 is 51.9 Å². The van der Waals surface area contributed by atoms with Gasteiger partial charge in [0.05, 0.1) is 71.6 Å². The molecule has 1 aromatic carbocycles. The number of aromatic nitrogens is 1. The zero-order valence-electron chi connectivity index (χ0n) is 33.6. The van der Waals surface area contributed by atoms with Crippen LogP contribution in [0.15, 0.2) is 41.5 Å². The maximum atomic E-state index is 12.5. The normalized spacial score (nSPS) is 12.6. The lowest BCUT2D eigenvalue weighted by Crippen LogP contribution is -2.46. The number of amides is 4. The van der Waals surface area contributed by atoms with E-state index < -0.39 is 24.0 Å². The minimum atomic E-state index is -1.29. The topological polar surface area (TPSA) is 263 Å². The molecule has 2 aromatic rings. The van der Waals surface area contributed by atoms with Gasteiger partial charge in [-0.15, -0.1) is 16.9 Å². The van der Waals surface area contributed by atoms with Crippen LogP contribution in [0.1, 0.15) is 51.4 Å². The zero-order valence-corrected chi connectivity index (χ0v) is 34.5. The number of benzene rings is 1. The van der Waals surface area contributed by atoms with Crippen LogP contribution in [0.3, 0.4) is 0 Å². The second-order valence-electron chi connectivity index (χ2n) is 13.2. The van der Waals surface area contributed by atoms with Crippen LogP contribution in [0.2, 0.25) is 0 Å². The number of carbonyl (C=O) groups excluding carboxylic acids is 3. The average Bonchev–Trinajstić information content (AvgIpc) is 3.89. The smallest absolute Gasteiger partial charge is 0.326 e. The van der Waals surface area contributed by atoms with E-state index in [1.807, 2.05) is 23.6 Å². The molecule has 22 heteroatoms. The van der Waals surface area contributed by atoms with Crippen molar-refractivity contribution in [2.75, 3.05) is 96.3 Å². The highest BCUT2D eigenvalue weighted by molar-refractivity contribution is 7.14. The standard InChI is InChI=1S/C38H58FN9O11S/c39-12-5-8-30-25-48(47-46-30)26-34(50)40-15-17-57-19-21-59-23-22-58-20-18-56-16-11-33(49)43-29-7-4-6-28(24-29)32-27-60-38(45-32)42-14-3-1-2-13-41-37(55)44-31(36(53)54)9-10-35(51)52/h4,6-7,24-25,27,31,46-47H,1-3,5,8-23,26H2,(H,40,50)(H,42,45)(H,43,49)(H,51,52)(H,53,54)(H2,41,44,55)/t31-/m0/s1. The van der Waals surface area contributed by atoms with Gasteiger partial charge in [0, 0.05) is 54.6 Å². The van der Waals surface area contributed by atoms with E-state index in [2.05, 4.69) is 42.5 Å². The molecule has 0 bridgehead atoms. The number of rotatable bonds is 34. The van der Waals surface area contributed by atoms with Crippen molar-refractivity contribution in [2.24, 2.45) is 0 Å². The van der Waals surface area contributed by atoms with Crippen molar-refractivity contribution < 1.29 is 57.5 Å². The SMILES string of the molecule is O=C(O)CC[C@H](NC(=O)NCCCCCNc1nc(-c2cccc(NC(=O)CCOCCOCCOCCOCCNC(=O)CN3C=C(CCCF)NN3)c2)cs1)C(=O)O. The number of alkyl halides is 1. The molecular weight excluding hydrogens is 810 g/mol. The van der Waals surface area contributed by atoms with Gasteiger partial charge in [0.25, 0.3) is 0 Å². The fraction of sp³-hybridized carbons (Fsp3) is 0.579. The molecule has 20 nitrogen and oxygen atoms in total. The molecule has 0 unspecified atom stereocenters. The van der Waals surface area contributed by atoms with Crippen molar-refractivity contribution in [1.29, 1.82) is 0 Å². The molecule has 1 aromatic heterocycles. The van der Waals surface area contributed by atoms with Gasteiger partial charge >= 0.3 is 18.0 Å². The van der Waals surface area contributed by atoms with Gasteiger partial charge in [-0.25, -0.2) is 14.6 Å². The van der Waals surface area contributed by atoms with Gasteiger partial charge in [0.2, 0.25) is 11.8 Å². The molecule has 3 rings (SSSR count). The molecule has 0 spiro atoms. The van der Waals surface area contributed by atoms with Gasteiger partial charge in [-0.1, -0.05) is 12.1 Å². The molecular formula is C38H58FN9O11S. The number of aliphatic carboxylic acids is 2. The summed E-state index contributed by atoms with van der Waals surface area (Å²) in [5, 5.41) is 36.0. The van der Waals surface area contributed by atoms with Crippen LogP contribution in [-0.2, 0) is 38.1 Å². The lowest BCUT2D eigenvalue weighted by molar-refractivity contribution is -0.140. The van der Waals surface area contributed by atoms with Crippen molar-refractivity contribution in [3.05, 3.63) is 41.5 Å². The number of anilines is 2. The van der Waals surface area contributed by atoms with Gasteiger partial charge in [0.15, 0.2) is 5.13 Å². The molecule has 1 atom stereocenters. The van der Waals surface area contributed by atoms with Crippen LogP contribution in [0.5, 0.6) is 0 Å². The lowest BCUT2D eigenvalue weighted by atomic mass is 10.1. The Balaban J connectivity index is 1.13. The highest BCUT2D eigenvalue weighted by Crippen LogP contribution is 2.27. The predicted octanol–water partition coefficient (Wildman–Crippen LogP) is 2.44. The number of carboxylic acid groups (broad SMARTS) is 2. The third kappa shape index (κ3) is 22.3. The molecule has 0 saturated carbocycles. The van der Waals surface area contributed by atoms with Crippen molar-refractivity contribution in [1.82, 2.24) is 36.9 Å². The molecule has 9 N–H and O–H groups in total. The summed E-state index contributed by atoms with van der Waals surface area (Å²) in [7, 11) is 0. The van der Waals surface area contributed by atoms with E-state index in [0.717, 1.165) is 34.9 Å². The number of carbonyl (C=O) groups is 5. The number of hydrogen-bond donors (Lipinski definition) is 9. The van der Waals surface area contributed by atoms with Crippen LogP contribution in [0.4, 0.5) is 20.0 Å². The summed E-state index contributed by atoms with van der Waals surface area (Å²) < 4.78 is 34.2. The summed E-state index contributed by atoms with van der Waals surface area (Å²) >= 11 is 1.46. The molecule has 0 radical (unpaired) electrons. The van der Waals surface area contributed by atoms with Crippen LogP contribution in [0.25, 0.3) is 11.3 Å². The summed E-state index contributed by atoms with van der Waals surface area (Å²) in [6, 6.07) is 5.50. The molecule has 1 aliphatic rings. The number of thiazole rings is 1. The monoisotopic (exact) mass is 867 g/mol. The number of hydrogen-bond acceptors (Lipinski definition) is 15. The average molecular weight is 868 g/mol. The van der Waals surface area contributed by atoms with Gasteiger partial charge in [-0.05, 0) is 50.7 Å². The number of halogens is 1. The first-order chi connectivity index (χ1) is 29.1. The summed E-state index contributed by atoms with van der Waals surface area (Å²) in [4.78, 5) is 63.0. The van der Waals surface area contributed by atoms with Crippen LogP contribution in [0, 0.1) is 0 Å². The Morgan fingerprint density at radius 1 is 0.833 bits per heavy atom. The molecule has 0 saturated heterocycles. The molecule has 2 heterocycles. The van der Waals surface area contributed by atoms with Crippen molar-refractivity contribution in [3.63, 3.8) is 0 Å². The van der Waals surface area contributed by atoms with Crippen molar-refractivity contribution in [3.8, 4) is 11.3 Å². The van der Waals surface area contributed by atoms with Gasteiger partial charge in [-0.2, -0.15) is 0 Å². The van der Waals surface area contributed by atoms with Gasteiger partial charge in [-0.3, -0.25) is 23.8 Å². The Kier molecular flexibility index (Phi) is 24.6. The van der Waals surface area contributed by atoms with Gasteiger partial charge in [0.1, 0.15) is 12.6 Å². The van der Waals surface area contributed by atoms with E-state index in [1.54, 1.807) is 17.3 Å². The fourth-order valence-electron chi connectivity index (χ4n) is 5.29. The first kappa shape index (κ1) is 49.2. The third-order valence-corrected chi connectivity index (χ3v) is 9.14. The molecule has 0 aliphatic carbocycles. The van der Waals surface area contributed by atoms with Gasteiger partial charge < -0.3 is 61.2 Å². The molecule has 60 heavy (non-hydrogen) atoms. The minimum Gasteiger partial charge on any atom is -0.481 e. The van der Waals surface area contributed by atoms with E-state index in [1.165, 1.54) is 11.3 Å². The maximum absolute atomic E-state index is 12.5. The summed E-state index contributed by atoms with van der Waals surface area (Å²) in [5.41, 5.74) is 8.83. The molecule has 334 valence electrons. The lowest BCUT2D eigenvalue weighted by Gasteiger charge is -2.14. The Hall–Kier alpha value is -5.13. The highest BCUT2D eigenvalue weighted by Gasteiger charge is 2.20. The predicted molar refractivity (Wildman–Crippen MR) is 221 cm³/mol. The number of carboxylic acids is 2. The summed E-state index contributed by atoms with van der Waals surface area (Å²) in [6.07, 6.45) is 4.66.